The lowest BCUT2D eigenvalue weighted by Crippen LogP contribution is -2.11. The quantitative estimate of drug-likeness (QED) is 0.795. The molecule has 2 nitrogen and oxygen atoms in total. The van der Waals surface area contributed by atoms with Crippen LogP contribution in [0.15, 0.2) is 18.2 Å². The van der Waals surface area contributed by atoms with Crippen molar-refractivity contribution in [3.05, 3.63) is 34.9 Å². The first kappa shape index (κ1) is 11.6. The summed E-state index contributed by atoms with van der Waals surface area (Å²) in [6.45, 7) is 0.168. The summed E-state index contributed by atoms with van der Waals surface area (Å²) in [7, 11) is 0. The largest absolute Gasteiger partial charge is 0.396 e. The lowest BCUT2D eigenvalue weighted by Gasteiger charge is -2.11. The number of aryl methyl sites for hydroxylation is 2. The number of rotatable bonds is 5. The van der Waals surface area contributed by atoms with Crippen LogP contribution < -0.4 is 0 Å². The average molecular weight is 220 g/mol. The number of aliphatic hydroxyl groups is 2. The Morgan fingerprint density at radius 2 is 2.00 bits per heavy atom. The van der Waals surface area contributed by atoms with Gasteiger partial charge in [0.15, 0.2) is 0 Å². The highest BCUT2D eigenvalue weighted by molar-refractivity contribution is 5.35. The molecule has 1 unspecified atom stereocenters. The maximum absolute atomic E-state index is 9.77. The van der Waals surface area contributed by atoms with Crippen molar-refractivity contribution in [3.63, 3.8) is 0 Å². The van der Waals surface area contributed by atoms with Gasteiger partial charge in [0.05, 0.1) is 6.10 Å². The van der Waals surface area contributed by atoms with E-state index < -0.39 is 0 Å². The monoisotopic (exact) mass is 220 g/mol. The molecule has 0 aliphatic heterocycles. The minimum Gasteiger partial charge on any atom is -0.396 e. The highest BCUT2D eigenvalue weighted by Crippen LogP contribution is 2.23. The Balaban J connectivity index is 1.94. The summed E-state index contributed by atoms with van der Waals surface area (Å²) in [6.07, 6.45) is 5.45. The standard InChI is InChI=1S/C14H20O2/c15-8-2-5-14(16)10-11-6-7-12-3-1-4-13(12)9-11/h6-7,9,14-16H,1-5,8,10H2. The van der Waals surface area contributed by atoms with E-state index in [4.69, 9.17) is 5.11 Å². The van der Waals surface area contributed by atoms with Gasteiger partial charge in [-0.1, -0.05) is 18.2 Å². The molecule has 0 spiro atoms. The van der Waals surface area contributed by atoms with Gasteiger partial charge in [0.2, 0.25) is 0 Å². The SMILES string of the molecule is OCCCC(O)Cc1ccc2c(c1)CCC2. The number of hydrogen-bond acceptors (Lipinski definition) is 2. The summed E-state index contributed by atoms with van der Waals surface area (Å²) < 4.78 is 0. The van der Waals surface area contributed by atoms with E-state index in [0.29, 0.717) is 19.3 Å². The van der Waals surface area contributed by atoms with Gasteiger partial charge in [0.1, 0.15) is 0 Å². The molecular weight excluding hydrogens is 200 g/mol. The number of fused-ring (bicyclic) bond motifs is 1. The molecule has 0 fully saturated rings. The normalized spacial score (nSPS) is 16.1. The highest BCUT2D eigenvalue weighted by atomic mass is 16.3. The molecule has 1 aliphatic rings. The molecule has 1 aliphatic carbocycles. The molecule has 2 rings (SSSR count). The van der Waals surface area contributed by atoms with Crippen LogP contribution in [0, 0.1) is 0 Å². The summed E-state index contributed by atoms with van der Waals surface area (Å²) in [4.78, 5) is 0. The molecule has 2 N–H and O–H groups in total. The van der Waals surface area contributed by atoms with E-state index in [-0.39, 0.29) is 12.7 Å². The van der Waals surface area contributed by atoms with Crippen LogP contribution in [0.5, 0.6) is 0 Å². The van der Waals surface area contributed by atoms with E-state index >= 15 is 0 Å². The van der Waals surface area contributed by atoms with Crippen molar-refractivity contribution < 1.29 is 10.2 Å². The Labute approximate surface area is 96.9 Å². The van der Waals surface area contributed by atoms with Crippen LogP contribution in [0.25, 0.3) is 0 Å². The zero-order valence-electron chi connectivity index (χ0n) is 9.65. The van der Waals surface area contributed by atoms with Crippen molar-refractivity contribution in [1.29, 1.82) is 0 Å². The summed E-state index contributed by atoms with van der Waals surface area (Å²) in [5.74, 6) is 0. The van der Waals surface area contributed by atoms with Gasteiger partial charge < -0.3 is 10.2 Å². The van der Waals surface area contributed by atoms with E-state index in [0.717, 1.165) is 0 Å². The maximum atomic E-state index is 9.77. The molecule has 0 saturated carbocycles. The molecule has 0 aromatic heterocycles. The zero-order chi connectivity index (χ0) is 11.4. The highest BCUT2D eigenvalue weighted by Gasteiger charge is 2.12. The second-order valence-corrected chi connectivity index (χ2v) is 4.68. The van der Waals surface area contributed by atoms with E-state index in [1.54, 1.807) is 0 Å². The minimum absolute atomic E-state index is 0.168. The first-order valence-electron chi connectivity index (χ1n) is 6.19. The maximum Gasteiger partial charge on any atom is 0.0581 e. The van der Waals surface area contributed by atoms with Crippen LogP contribution in [0.4, 0.5) is 0 Å². The number of hydrogen-bond donors (Lipinski definition) is 2. The molecule has 2 heteroatoms. The first-order chi connectivity index (χ1) is 7.79. The number of benzene rings is 1. The molecule has 0 heterocycles. The molecule has 0 bridgehead atoms. The molecule has 0 amide bonds. The van der Waals surface area contributed by atoms with Crippen molar-refractivity contribution >= 4 is 0 Å². The van der Waals surface area contributed by atoms with Crippen LogP contribution >= 0.6 is 0 Å². The third kappa shape index (κ3) is 2.83. The summed E-state index contributed by atoms with van der Waals surface area (Å²) in [6, 6.07) is 6.58. The van der Waals surface area contributed by atoms with Crippen LogP contribution in [-0.4, -0.2) is 22.9 Å². The van der Waals surface area contributed by atoms with Crippen LogP contribution in [0.1, 0.15) is 36.0 Å². The molecule has 1 aromatic carbocycles. The third-order valence-corrected chi connectivity index (χ3v) is 3.33. The van der Waals surface area contributed by atoms with E-state index in [2.05, 4.69) is 18.2 Å². The molecule has 16 heavy (non-hydrogen) atoms. The Morgan fingerprint density at radius 1 is 1.19 bits per heavy atom. The molecule has 0 saturated heterocycles. The lowest BCUT2D eigenvalue weighted by molar-refractivity contribution is 0.150. The Kier molecular flexibility index (Phi) is 3.97. The van der Waals surface area contributed by atoms with Gasteiger partial charge in [0, 0.05) is 6.61 Å². The Morgan fingerprint density at radius 3 is 2.81 bits per heavy atom. The first-order valence-corrected chi connectivity index (χ1v) is 6.19. The van der Waals surface area contributed by atoms with Crippen molar-refractivity contribution in [2.24, 2.45) is 0 Å². The van der Waals surface area contributed by atoms with Crippen LogP contribution in [0.3, 0.4) is 0 Å². The predicted octanol–water partition coefficient (Wildman–Crippen LogP) is 1.85. The third-order valence-electron chi connectivity index (χ3n) is 3.33. The minimum atomic E-state index is -0.313. The van der Waals surface area contributed by atoms with Crippen LogP contribution in [-0.2, 0) is 19.3 Å². The molecule has 1 atom stereocenters. The lowest BCUT2D eigenvalue weighted by atomic mass is 10.0. The molecule has 0 radical (unpaired) electrons. The van der Waals surface area contributed by atoms with E-state index in [9.17, 15) is 5.11 Å². The Hall–Kier alpha value is -0.860. The molecule has 88 valence electrons. The van der Waals surface area contributed by atoms with Crippen LogP contribution in [0.2, 0.25) is 0 Å². The second-order valence-electron chi connectivity index (χ2n) is 4.68. The van der Waals surface area contributed by atoms with E-state index in [1.165, 1.54) is 36.0 Å². The topological polar surface area (TPSA) is 40.5 Å². The van der Waals surface area contributed by atoms with Gasteiger partial charge in [-0.3, -0.25) is 0 Å². The number of aliphatic hydroxyl groups excluding tert-OH is 2. The summed E-state index contributed by atoms with van der Waals surface area (Å²) in [5, 5.41) is 18.5. The van der Waals surface area contributed by atoms with Crippen molar-refractivity contribution in [3.8, 4) is 0 Å². The fourth-order valence-electron chi connectivity index (χ4n) is 2.45. The van der Waals surface area contributed by atoms with Gasteiger partial charge in [-0.05, 0) is 55.2 Å². The smallest absolute Gasteiger partial charge is 0.0581 e. The van der Waals surface area contributed by atoms with Gasteiger partial charge in [0.25, 0.3) is 0 Å². The van der Waals surface area contributed by atoms with E-state index in [1.807, 2.05) is 0 Å². The molecular formula is C14H20O2. The fraction of sp³-hybridized carbons (Fsp3) is 0.571. The molecule has 1 aromatic rings. The van der Waals surface area contributed by atoms with Crippen molar-refractivity contribution in [2.45, 2.75) is 44.6 Å². The predicted molar refractivity (Wildman–Crippen MR) is 64.5 cm³/mol. The Bertz CT molecular complexity index is 347. The fourth-order valence-corrected chi connectivity index (χ4v) is 2.45. The van der Waals surface area contributed by atoms with Gasteiger partial charge >= 0.3 is 0 Å². The summed E-state index contributed by atoms with van der Waals surface area (Å²) in [5.41, 5.74) is 4.17. The van der Waals surface area contributed by atoms with Gasteiger partial charge in [-0.25, -0.2) is 0 Å². The average Bonchev–Trinajstić information content (AvgIpc) is 2.73. The van der Waals surface area contributed by atoms with Gasteiger partial charge in [-0.2, -0.15) is 0 Å². The van der Waals surface area contributed by atoms with Gasteiger partial charge in [-0.15, -0.1) is 0 Å². The second kappa shape index (κ2) is 5.46. The van der Waals surface area contributed by atoms with Crippen molar-refractivity contribution in [2.75, 3.05) is 6.61 Å². The van der Waals surface area contributed by atoms with Crippen molar-refractivity contribution in [1.82, 2.24) is 0 Å². The summed E-state index contributed by atoms with van der Waals surface area (Å²) >= 11 is 0. The zero-order valence-corrected chi connectivity index (χ0v) is 9.65.